The quantitative estimate of drug-likeness (QED) is 0.346. The zero-order valence-corrected chi connectivity index (χ0v) is 19.1. The number of amides is 1. The smallest absolute Gasteiger partial charge is 0.251 e. The summed E-state index contributed by atoms with van der Waals surface area (Å²) in [7, 11) is 3.98. The number of rotatable bonds is 7. The van der Waals surface area contributed by atoms with Gasteiger partial charge in [0.1, 0.15) is 0 Å². The lowest BCUT2D eigenvalue weighted by atomic mass is 9.88. The Balaban J connectivity index is 1.43. The molecular weight excluding hydrogens is 418 g/mol. The number of halogens is 1. The molecule has 0 saturated carbocycles. The van der Waals surface area contributed by atoms with Gasteiger partial charge in [-0.1, -0.05) is 17.7 Å². The van der Waals surface area contributed by atoms with Crippen molar-refractivity contribution in [3.05, 3.63) is 57.2 Å². The molecule has 1 aromatic heterocycles. The van der Waals surface area contributed by atoms with Crippen LogP contribution in [0.15, 0.2) is 46.8 Å². The summed E-state index contributed by atoms with van der Waals surface area (Å²) in [5.41, 5.74) is 0.600. The predicted molar refractivity (Wildman–Crippen MR) is 126 cm³/mol. The molecular formula is C22H30ClN5OS. The number of aliphatic imine (C=N–C) groups is 1. The van der Waals surface area contributed by atoms with Gasteiger partial charge in [0.2, 0.25) is 0 Å². The molecule has 3 rings (SSSR count). The number of hydrogen-bond donors (Lipinski definition) is 3. The van der Waals surface area contributed by atoms with E-state index in [0.29, 0.717) is 35.6 Å². The number of hydrogen-bond acceptors (Lipinski definition) is 4. The predicted octanol–water partition coefficient (Wildman–Crippen LogP) is 3.38. The van der Waals surface area contributed by atoms with Crippen molar-refractivity contribution in [3.8, 4) is 0 Å². The number of carbonyl (C=O) groups excluding carboxylic acids is 1. The lowest BCUT2D eigenvalue weighted by Gasteiger charge is -2.39. The van der Waals surface area contributed by atoms with Crippen molar-refractivity contribution < 1.29 is 4.79 Å². The first kappa shape index (κ1) is 22.6. The summed E-state index contributed by atoms with van der Waals surface area (Å²) < 4.78 is 0. The molecule has 1 amide bonds. The summed E-state index contributed by atoms with van der Waals surface area (Å²) in [5, 5.41) is 12.4. The number of thiophene rings is 1. The Kier molecular flexibility index (Phi) is 8.54. The second-order valence-electron chi connectivity index (χ2n) is 7.49. The van der Waals surface area contributed by atoms with Crippen molar-refractivity contribution in [1.29, 1.82) is 0 Å². The summed E-state index contributed by atoms with van der Waals surface area (Å²) >= 11 is 7.69. The van der Waals surface area contributed by atoms with Crippen molar-refractivity contribution in [2.75, 3.05) is 40.3 Å². The molecule has 30 heavy (non-hydrogen) atoms. The van der Waals surface area contributed by atoms with Crippen LogP contribution in [-0.4, -0.2) is 57.0 Å². The minimum absolute atomic E-state index is 0.111. The van der Waals surface area contributed by atoms with E-state index in [1.165, 1.54) is 17.7 Å². The van der Waals surface area contributed by atoms with E-state index in [1.54, 1.807) is 31.3 Å². The summed E-state index contributed by atoms with van der Waals surface area (Å²) in [5.74, 6) is 1.18. The zero-order valence-electron chi connectivity index (χ0n) is 17.5. The normalized spacial score (nSPS) is 20.0. The van der Waals surface area contributed by atoms with E-state index in [0.717, 1.165) is 19.0 Å². The van der Waals surface area contributed by atoms with Gasteiger partial charge < -0.3 is 16.0 Å². The summed E-state index contributed by atoms with van der Waals surface area (Å²) in [6, 6.07) is 11.7. The average molecular weight is 448 g/mol. The topological polar surface area (TPSA) is 68.8 Å². The number of carbonyl (C=O) groups is 1. The van der Waals surface area contributed by atoms with Crippen LogP contribution in [-0.2, 0) is 0 Å². The molecule has 2 atom stereocenters. The second-order valence-corrected chi connectivity index (χ2v) is 8.90. The fourth-order valence-corrected chi connectivity index (χ4v) is 5.00. The highest BCUT2D eigenvalue weighted by atomic mass is 35.5. The first-order valence-corrected chi connectivity index (χ1v) is 11.6. The van der Waals surface area contributed by atoms with E-state index in [2.05, 4.69) is 50.4 Å². The first-order chi connectivity index (χ1) is 14.6. The van der Waals surface area contributed by atoms with Crippen LogP contribution in [0, 0.1) is 5.92 Å². The van der Waals surface area contributed by atoms with E-state index in [1.807, 2.05) is 11.3 Å². The largest absolute Gasteiger partial charge is 0.356 e. The second kappa shape index (κ2) is 11.3. The molecule has 1 aliphatic rings. The van der Waals surface area contributed by atoms with Crippen molar-refractivity contribution in [1.82, 2.24) is 20.9 Å². The van der Waals surface area contributed by atoms with Crippen molar-refractivity contribution in [2.45, 2.75) is 18.9 Å². The van der Waals surface area contributed by atoms with Gasteiger partial charge in [-0.25, -0.2) is 0 Å². The molecule has 0 aliphatic carbocycles. The molecule has 0 radical (unpaired) electrons. The molecule has 8 heteroatoms. The molecule has 1 fully saturated rings. The Morgan fingerprint density at radius 1 is 1.20 bits per heavy atom. The Hall–Kier alpha value is -2.09. The third-order valence-corrected chi connectivity index (χ3v) is 6.60. The van der Waals surface area contributed by atoms with Crippen LogP contribution in [0.2, 0.25) is 5.02 Å². The third-order valence-electron chi connectivity index (χ3n) is 5.41. The molecule has 3 N–H and O–H groups in total. The van der Waals surface area contributed by atoms with E-state index < -0.39 is 0 Å². The lowest BCUT2D eigenvalue weighted by Crippen LogP contribution is -2.46. The van der Waals surface area contributed by atoms with Crippen LogP contribution < -0.4 is 16.0 Å². The maximum atomic E-state index is 12.2. The first-order valence-electron chi connectivity index (χ1n) is 10.3. The fraction of sp³-hybridized carbons (Fsp3) is 0.455. The number of likely N-dealkylation sites (tertiary alicyclic amines) is 1. The monoisotopic (exact) mass is 447 g/mol. The van der Waals surface area contributed by atoms with Gasteiger partial charge >= 0.3 is 0 Å². The van der Waals surface area contributed by atoms with E-state index >= 15 is 0 Å². The SMILES string of the molecule is CN=C(NCCNC(=O)c1ccc(Cl)cc1)NCC1CCCN(C)C1c1cccs1. The van der Waals surface area contributed by atoms with Gasteiger partial charge in [0, 0.05) is 48.2 Å². The Morgan fingerprint density at radius 3 is 2.67 bits per heavy atom. The van der Waals surface area contributed by atoms with Gasteiger partial charge in [-0.2, -0.15) is 0 Å². The Bertz CT molecular complexity index is 825. The Labute approximate surface area is 187 Å². The van der Waals surface area contributed by atoms with Gasteiger partial charge in [0.05, 0.1) is 0 Å². The van der Waals surface area contributed by atoms with Crippen LogP contribution >= 0.6 is 22.9 Å². The molecule has 2 aromatic rings. The van der Waals surface area contributed by atoms with Crippen LogP contribution in [0.5, 0.6) is 0 Å². The van der Waals surface area contributed by atoms with Crippen molar-refractivity contribution in [2.24, 2.45) is 10.9 Å². The van der Waals surface area contributed by atoms with E-state index in [9.17, 15) is 4.79 Å². The van der Waals surface area contributed by atoms with E-state index in [4.69, 9.17) is 11.6 Å². The number of piperidine rings is 1. The molecule has 0 bridgehead atoms. The minimum Gasteiger partial charge on any atom is -0.356 e. The highest BCUT2D eigenvalue weighted by Crippen LogP contribution is 2.36. The molecule has 2 heterocycles. The molecule has 1 saturated heterocycles. The summed E-state index contributed by atoms with van der Waals surface area (Å²) in [6.07, 6.45) is 2.42. The number of nitrogens with zero attached hydrogens (tertiary/aromatic N) is 2. The molecule has 1 aromatic carbocycles. The summed E-state index contributed by atoms with van der Waals surface area (Å²) in [4.78, 5) is 20.4. The standard InChI is InChI=1S/C22H30ClN5OS/c1-24-22(26-12-11-25-21(29)16-7-9-18(23)10-8-16)27-15-17-5-3-13-28(2)20(17)19-6-4-14-30-19/h4,6-10,14,17,20H,3,5,11-13,15H2,1-2H3,(H,25,29)(H2,24,26,27). The zero-order chi connectivity index (χ0) is 21.3. The summed E-state index contributed by atoms with van der Waals surface area (Å²) in [6.45, 7) is 3.10. The van der Waals surface area contributed by atoms with Gasteiger partial charge in [0.15, 0.2) is 5.96 Å². The van der Waals surface area contributed by atoms with Gasteiger partial charge in [0.25, 0.3) is 5.91 Å². The van der Waals surface area contributed by atoms with Crippen molar-refractivity contribution >= 4 is 34.8 Å². The molecule has 0 spiro atoms. The lowest BCUT2D eigenvalue weighted by molar-refractivity contribution is 0.0954. The number of guanidine groups is 1. The molecule has 2 unspecified atom stereocenters. The van der Waals surface area contributed by atoms with Crippen LogP contribution in [0.3, 0.4) is 0 Å². The third kappa shape index (κ3) is 6.20. The van der Waals surface area contributed by atoms with Crippen LogP contribution in [0.1, 0.15) is 34.1 Å². The maximum absolute atomic E-state index is 12.2. The molecule has 162 valence electrons. The highest BCUT2D eigenvalue weighted by Gasteiger charge is 2.31. The number of nitrogens with one attached hydrogen (secondary N) is 3. The van der Waals surface area contributed by atoms with Gasteiger partial charge in [-0.15, -0.1) is 11.3 Å². The van der Waals surface area contributed by atoms with E-state index in [-0.39, 0.29) is 5.91 Å². The molecule has 1 aliphatic heterocycles. The van der Waals surface area contributed by atoms with Gasteiger partial charge in [-0.3, -0.25) is 14.7 Å². The average Bonchev–Trinajstić information content (AvgIpc) is 3.28. The van der Waals surface area contributed by atoms with Gasteiger partial charge in [-0.05, 0) is 68.1 Å². The fourth-order valence-electron chi connectivity index (χ4n) is 3.89. The van der Waals surface area contributed by atoms with Crippen molar-refractivity contribution in [3.63, 3.8) is 0 Å². The molecule has 6 nitrogen and oxygen atoms in total. The Morgan fingerprint density at radius 2 is 1.97 bits per heavy atom. The van der Waals surface area contributed by atoms with Crippen LogP contribution in [0.25, 0.3) is 0 Å². The highest BCUT2D eigenvalue weighted by molar-refractivity contribution is 7.10. The maximum Gasteiger partial charge on any atom is 0.251 e. The minimum atomic E-state index is -0.111. The van der Waals surface area contributed by atoms with Crippen LogP contribution in [0.4, 0.5) is 0 Å². The number of benzene rings is 1.